The fraction of sp³-hybridized carbons (Fsp3) is 0.438. The number of hydrogen-bond acceptors (Lipinski definition) is 3. The number of halogens is 2. The summed E-state index contributed by atoms with van der Waals surface area (Å²) in [5, 5.41) is 7.27. The minimum atomic E-state index is -0.526. The molecule has 1 saturated carbocycles. The van der Waals surface area contributed by atoms with Crippen LogP contribution in [0.15, 0.2) is 60.3 Å². The third-order valence-corrected chi connectivity index (χ3v) is 8.86. The molecule has 2 unspecified atom stereocenters. The number of likely N-dealkylation sites (tertiary alicyclic amines) is 1. The van der Waals surface area contributed by atoms with Gasteiger partial charge in [-0.2, -0.15) is 0 Å². The van der Waals surface area contributed by atoms with Crippen molar-refractivity contribution in [3.05, 3.63) is 87.9 Å². The summed E-state index contributed by atoms with van der Waals surface area (Å²) in [7, 11) is 0. The number of anilines is 1. The summed E-state index contributed by atoms with van der Waals surface area (Å²) in [6.07, 6.45) is 13.3. The molecule has 5 rings (SSSR count). The maximum absolute atomic E-state index is 14.9. The molecular weight excluding hydrogens is 513 g/mol. The standard InChI is InChI=1S/C32H37ClFN3O2/c1-20-12-15-25(19-27(20)33)36-31(38)26-10-6-18-37(32(39)29-21(2)7-5-11-28(29)34)30(26)22-13-16-24(17-14-22)35-23-8-3-4-9-23/h5,7,11-13,15-17,19,22-23,26,30,35H,3-4,6,8-10,14,18H2,1-2H3,(H,36,38)/t22-,26?,30?/m1/s1. The molecule has 2 N–H and O–H groups in total. The van der Waals surface area contributed by atoms with Crippen LogP contribution in [0.2, 0.25) is 5.02 Å². The zero-order valence-electron chi connectivity index (χ0n) is 22.7. The van der Waals surface area contributed by atoms with E-state index in [9.17, 15) is 14.0 Å². The molecule has 0 aromatic heterocycles. The Balaban J connectivity index is 1.42. The Morgan fingerprint density at radius 3 is 2.51 bits per heavy atom. The van der Waals surface area contributed by atoms with Crippen molar-refractivity contribution in [1.82, 2.24) is 10.2 Å². The Labute approximate surface area is 235 Å². The van der Waals surface area contributed by atoms with Crippen molar-refractivity contribution in [2.75, 3.05) is 11.9 Å². The van der Waals surface area contributed by atoms with E-state index < -0.39 is 17.8 Å². The molecule has 1 heterocycles. The minimum Gasteiger partial charge on any atom is -0.383 e. The molecule has 2 aromatic carbocycles. The average Bonchev–Trinajstić information content (AvgIpc) is 3.44. The van der Waals surface area contributed by atoms with E-state index >= 15 is 0 Å². The molecular formula is C32H37ClFN3O2. The summed E-state index contributed by atoms with van der Waals surface area (Å²) < 4.78 is 14.9. The highest BCUT2D eigenvalue weighted by atomic mass is 35.5. The summed E-state index contributed by atoms with van der Waals surface area (Å²) >= 11 is 6.31. The second-order valence-corrected chi connectivity index (χ2v) is 11.6. The predicted octanol–water partition coefficient (Wildman–Crippen LogP) is 6.95. The Hall–Kier alpha value is -3.12. The summed E-state index contributed by atoms with van der Waals surface area (Å²) in [5.74, 6) is -1.52. The number of nitrogens with zero attached hydrogens (tertiary/aromatic N) is 1. The van der Waals surface area contributed by atoms with Crippen LogP contribution in [-0.2, 0) is 4.79 Å². The molecule has 2 aromatic rings. The topological polar surface area (TPSA) is 61.4 Å². The van der Waals surface area contributed by atoms with Crippen LogP contribution >= 0.6 is 11.6 Å². The number of nitrogens with one attached hydrogen (secondary N) is 2. The van der Waals surface area contributed by atoms with Gasteiger partial charge in [-0.25, -0.2) is 4.39 Å². The number of carbonyl (C=O) groups excluding carboxylic acids is 2. The van der Waals surface area contributed by atoms with Gasteiger partial charge in [-0.3, -0.25) is 9.59 Å². The largest absolute Gasteiger partial charge is 0.383 e. The third kappa shape index (κ3) is 6.06. The smallest absolute Gasteiger partial charge is 0.257 e. The summed E-state index contributed by atoms with van der Waals surface area (Å²) in [6, 6.07) is 10.3. The Kier molecular flexibility index (Phi) is 8.41. The third-order valence-electron chi connectivity index (χ3n) is 8.46. The number of allylic oxidation sites excluding steroid dienone is 2. The van der Waals surface area contributed by atoms with Crippen LogP contribution in [0.1, 0.15) is 66.4 Å². The van der Waals surface area contributed by atoms with Crippen LogP contribution in [-0.4, -0.2) is 35.3 Å². The van der Waals surface area contributed by atoms with Crippen molar-refractivity contribution < 1.29 is 14.0 Å². The van der Waals surface area contributed by atoms with Gasteiger partial charge in [0.05, 0.1) is 17.5 Å². The first-order valence-corrected chi connectivity index (χ1v) is 14.5. The first kappa shape index (κ1) is 27.4. The van der Waals surface area contributed by atoms with Gasteiger partial charge in [-0.1, -0.05) is 54.8 Å². The van der Waals surface area contributed by atoms with Gasteiger partial charge in [0.25, 0.3) is 5.91 Å². The molecule has 2 amide bonds. The van der Waals surface area contributed by atoms with E-state index in [1.165, 1.54) is 31.7 Å². The molecule has 0 radical (unpaired) electrons. The van der Waals surface area contributed by atoms with Gasteiger partial charge in [0.2, 0.25) is 5.91 Å². The molecule has 1 aliphatic heterocycles. The van der Waals surface area contributed by atoms with Gasteiger partial charge >= 0.3 is 0 Å². The monoisotopic (exact) mass is 549 g/mol. The van der Waals surface area contributed by atoms with Gasteiger partial charge in [-0.05, 0) is 81.4 Å². The second kappa shape index (κ2) is 12.0. The number of hydrogen-bond donors (Lipinski definition) is 2. The number of rotatable bonds is 6. The van der Waals surface area contributed by atoms with E-state index in [0.29, 0.717) is 48.1 Å². The molecule has 5 nitrogen and oxygen atoms in total. The van der Waals surface area contributed by atoms with E-state index in [0.717, 1.165) is 11.3 Å². The van der Waals surface area contributed by atoms with Crippen LogP contribution in [0, 0.1) is 31.5 Å². The first-order valence-electron chi connectivity index (χ1n) is 14.1. The molecule has 39 heavy (non-hydrogen) atoms. The molecule has 3 atom stereocenters. The molecule has 1 saturated heterocycles. The zero-order valence-corrected chi connectivity index (χ0v) is 23.4. The van der Waals surface area contributed by atoms with Crippen LogP contribution < -0.4 is 10.6 Å². The number of piperidine rings is 1. The number of carbonyl (C=O) groups is 2. The van der Waals surface area contributed by atoms with Gasteiger partial charge < -0.3 is 15.5 Å². The number of aryl methyl sites for hydroxylation is 2. The second-order valence-electron chi connectivity index (χ2n) is 11.2. The van der Waals surface area contributed by atoms with Crippen LogP contribution in [0.4, 0.5) is 10.1 Å². The lowest BCUT2D eigenvalue weighted by molar-refractivity contribution is -0.123. The minimum absolute atomic E-state index is 0.0622. The van der Waals surface area contributed by atoms with E-state index in [1.807, 2.05) is 19.1 Å². The van der Waals surface area contributed by atoms with Crippen molar-refractivity contribution in [3.63, 3.8) is 0 Å². The number of amides is 2. The van der Waals surface area contributed by atoms with E-state index in [1.54, 1.807) is 30.0 Å². The van der Waals surface area contributed by atoms with E-state index in [4.69, 9.17) is 11.6 Å². The van der Waals surface area contributed by atoms with E-state index in [-0.39, 0.29) is 23.3 Å². The molecule has 0 spiro atoms. The first-order chi connectivity index (χ1) is 18.8. The van der Waals surface area contributed by atoms with Crippen molar-refractivity contribution in [3.8, 4) is 0 Å². The van der Waals surface area contributed by atoms with Gasteiger partial charge in [0, 0.05) is 34.9 Å². The predicted molar refractivity (Wildman–Crippen MR) is 154 cm³/mol. The lowest BCUT2D eigenvalue weighted by atomic mass is 9.77. The summed E-state index contributed by atoms with van der Waals surface area (Å²) in [6.45, 7) is 4.15. The molecule has 3 aliphatic rings. The van der Waals surface area contributed by atoms with Crippen molar-refractivity contribution in [2.45, 2.75) is 70.9 Å². The van der Waals surface area contributed by atoms with Crippen LogP contribution in [0.3, 0.4) is 0 Å². The van der Waals surface area contributed by atoms with Crippen molar-refractivity contribution >= 4 is 29.1 Å². The maximum Gasteiger partial charge on any atom is 0.257 e. The Bertz CT molecular complexity index is 1280. The van der Waals surface area contributed by atoms with Gasteiger partial charge in [-0.15, -0.1) is 0 Å². The molecule has 0 bridgehead atoms. The molecule has 7 heteroatoms. The quantitative estimate of drug-likeness (QED) is 0.410. The molecule has 2 fully saturated rings. The summed E-state index contributed by atoms with van der Waals surface area (Å²) in [4.78, 5) is 29.4. The van der Waals surface area contributed by atoms with Gasteiger partial charge in [0.1, 0.15) is 5.82 Å². The average molecular weight is 550 g/mol. The SMILES string of the molecule is Cc1ccc(NC(=O)C2CCCN(C(=O)c3c(C)cccc3F)C2[C@@H]2C=CC(NC3CCCC3)=CC2)cc1Cl. The highest BCUT2D eigenvalue weighted by Crippen LogP contribution is 2.36. The lowest BCUT2D eigenvalue weighted by Crippen LogP contribution is -2.55. The highest BCUT2D eigenvalue weighted by Gasteiger charge is 2.43. The van der Waals surface area contributed by atoms with Crippen LogP contribution in [0.5, 0.6) is 0 Å². The lowest BCUT2D eigenvalue weighted by Gasteiger charge is -2.44. The highest BCUT2D eigenvalue weighted by molar-refractivity contribution is 6.31. The Morgan fingerprint density at radius 1 is 1.03 bits per heavy atom. The normalized spacial score (nSPS) is 23.4. The molecule has 206 valence electrons. The van der Waals surface area contributed by atoms with Crippen LogP contribution in [0.25, 0.3) is 0 Å². The molecule has 2 aliphatic carbocycles. The van der Waals surface area contributed by atoms with E-state index in [2.05, 4.69) is 28.9 Å². The Morgan fingerprint density at radius 2 is 1.82 bits per heavy atom. The number of benzene rings is 2. The summed E-state index contributed by atoms with van der Waals surface area (Å²) in [5.41, 5.74) is 3.36. The maximum atomic E-state index is 14.9. The fourth-order valence-corrected chi connectivity index (χ4v) is 6.51. The fourth-order valence-electron chi connectivity index (χ4n) is 6.33. The van der Waals surface area contributed by atoms with Gasteiger partial charge in [0.15, 0.2) is 0 Å². The zero-order chi connectivity index (χ0) is 27.5. The van der Waals surface area contributed by atoms with Crippen molar-refractivity contribution in [2.24, 2.45) is 11.8 Å². The van der Waals surface area contributed by atoms with Crippen molar-refractivity contribution in [1.29, 1.82) is 0 Å².